The van der Waals surface area contributed by atoms with Gasteiger partial charge in [0.05, 0.1) is 6.04 Å². The predicted molar refractivity (Wildman–Crippen MR) is 71.5 cm³/mol. The van der Waals surface area contributed by atoms with Gasteiger partial charge in [0.1, 0.15) is 11.2 Å². The summed E-state index contributed by atoms with van der Waals surface area (Å²) in [6.07, 6.45) is 2.82. The van der Waals surface area contributed by atoms with Gasteiger partial charge in [0, 0.05) is 12.4 Å². The van der Waals surface area contributed by atoms with Crippen molar-refractivity contribution in [2.45, 2.75) is 13.0 Å². The van der Waals surface area contributed by atoms with Gasteiger partial charge >= 0.3 is 0 Å². The Balaban J connectivity index is 1.92. The molecule has 0 radical (unpaired) electrons. The molecular formula is C12H11N7O2. The normalized spacial score (nSPS) is 12.2. The van der Waals surface area contributed by atoms with Crippen molar-refractivity contribution in [3.63, 3.8) is 0 Å². The zero-order valence-corrected chi connectivity index (χ0v) is 11.0. The minimum atomic E-state index is -0.539. The van der Waals surface area contributed by atoms with Crippen LogP contribution in [-0.2, 0) is 0 Å². The molecule has 1 unspecified atom stereocenters. The molecule has 3 rings (SSSR count). The van der Waals surface area contributed by atoms with Gasteiger partial charge in [-0.15, -0.1) is 10.2 Å². The molecule has 2 N–H and O–H groups in total. The van der Waals surface area contributed by atoms with E-state index in [1.54, 1.807) is 31.3 Å². The van der Waals surface area contributed by atoms with Gasteiger partial charge in [-0.05, 0) is 19.1 Å². The number of carbonyl (C=O) groups excluding carboxylic acids is 1. The molecule has 0 saturated carbocycles. The number of H-pyrrole nitrogens is 1. The van der Waals surface area contributed by atoms with Crippen molar-refractivity contribution in [1.82, 2.24) is 35.3 Å². The minimum Gasteiger partial charge on any atom is -0.342 e. The first-order valence-electron chi connectivity index (χ1n) is 6.17. The van der Waals surface area contributed by atoms with Crippen LogP contribution in [0.4, 0.5) is 0 Å². The molecule has 0 spiro atoms. The van der Waals surface area contributed by atoms with Crippen LogP contribution in [0.25, 0.3) is 5.65 Å². The van der Waals surface area contributed by atoms with E-state index in [4.69, 9.17) is 0 Å². The summed E-state index contributed by atoms with van der Waals surface area (Å²) in [4.78, 5) is 28.5. The van der Waals surface area contributed by atoms with Gasteiger partial charge in [0.15, 0.2) is 5.82 Å². The highest BCUT2D eigenvalue weighted by Gasteiger charge is 2.18. The molecular weight excluding hydrogens is 274 g/mol. The van der Waals surface area contributed by atoms with Crippen molar-refractivity contribution >= 4 is 11.6 Å². The molecule has 0 fully saturated rings. The minimum absolute atomic E-state index is 0.0472. The summed E-state index contributed by atoms with van der Waals surface area (Å²) < 4.78 is 1.31. The Hall–Kier alpha value is -3.10. The number of amides is 1. The number of carbonyl (C=O) groups is 1. The molecule has 3 aromatic heterocycles. The first-order valence-corrected chi connectivity index (χ1v) is 6.17. The second-order valence-corrected chi connectivity index (χ2v) is 4.37. The maximum Gasteiger partial charge on any atom is 0.270 e. The number of fused-ring (bicyclic) bond motifs is 1. The number of aromatic amines is 1. The Bertz CT molecular complexity index is 840. The van der Waals surface area contributed by atoms with Gasteiger partial charge in [-0.25, -0.2) is 4.98 Å². The van der Waals surface area contributed by atoms with Crippen LogP contribution in [0, 0.1) is 0 Å². The van der Waals surface area contributed by atoms with E-state index in [0.29, 0.717) is 11.5 Å². The van der Waals surface area contributed by atoms with E-state index in [0.717, 1.165) is 0 Å². The molecule has 0 aromatic carbocycles. The van der Waals surface area contributed by atoms with E-state index < -0.39 is 17.5 Å². The lowest BCUT2D eigenvalue weighted by Crippen LogP contribution is -2.33. The zero-order chi connectivity index (χ0) is 14.8. The molecule has 9 heteroatoms. The summed E-state index contributed by atoms with van der Waals surface area (Å²) in [6, 6.07) is 4.66. The van der Waals surface area contributed by atoms with Crippen LogP contribution in [-0.4, -0.2) is 35.9 Å². The highest BCUT2D eigenvalue weighted by molar-refractivity contribution is 5.93. The SMILES string of the molecule is CC(NC(=O)c1cnc2ccccn2c1=O)c1nn[nH]n1. The molecule has 9 nitrogen and oxygen atoms in total. The lowest BCUT2D eigenvalue weighted by atomic mass is 10.2. The molecule has 3 aromatic rings. The summed E-state index contributed by atoms with van der Waals surface area (Å²) >= 11 is 0. The van der Waals surface area contributed by atoms with Gasteiger partial charge in [0.25, 0.3) is 11.5 Å². The quantitative estimate of drug-likeness (QED) is 0.682. The van der Waals surface area contributed by atoms with Crippen LogP contribution in [0.3, 0.4) is 0 Å². The molecule has 0 saturated heterocycles. The maximum atomic E-state index is 12.3. The number of aromatic nitrogens is 6. The summed E-state index contributed by atoms with van der Waals surface area (Å²) in [5.74, 6) is -0.208. The van der Waals surface area contributed by atoms with Crippen molar-refractivity contribution in [2.24, 2.45) is 0 Å². The predicted octanol–water partition coefficient (Wildman–Crippen LogP) is -0.301. The lowest BCUT2D eigenvalue weighted by molar-refractivity contribution is 0.0936. The number of pyridine rings is 1. The van der Waals surface area contributed by atoms with E-state index in [1.165, 1.54) is 10.6 Å². The van der Waals surface area contributed by atoms with Crippen molar-refractivity contribution < 1.29 is 4.79 Å². The van der Waals surface area contributed by atoms with E-state index in [2.05, 4.69) is 30.9 Å². The second-order valence-electron chi connectivity index (χ2n) is 4.37. The van der Waals surface area contributed by atoms with Gasteiger partial charge < -0.3 is 5.32 Å². The maximum absolute atomic E-state index is 12.3. The number of nitrogens with one attached hydrogen (secondary N) is 2. The van der Waals surface area contributed by atoms with Gasteiger partial charge in [0.2, 0.25) is 0 Å². The molecule has 0 aliphatic carbocycles. The largest absolute Gasteiger partial charge is 0.342 e. The fraction of sp³-hybridized carbons (Fsp3) is 0.167. The van der Waals surface area contributed by atoms with Crippen molar-refractivity contribution in [3.05, 3.63) is 52.3 Å². The van der Waals surface area contributed by atoms with Gasteiger partial charge in [-0.2, -0.15) is 5.21 Å². The number of hydrogen-bond donors (Lipinski definition) is 2. The van der Waals surface area contributed by atoms with Gasteiger partial charge in [-0.1, -0.05) is 11.3 Å². The van der Waals surface area contributed by atoms with Crippen LogP contribution in [0.1, 0.15) is 29.1 Å². The van der Waals surface area contributed by atoms with Crippen LogP contribution < -0.4 is 10.9 Å². The van der Waals surface area contributed by atoms with E-state index in [9.17, 15) is 9.59 Å². The third-order valence-electron chi connectivity index (χ3n) is 2.95. The van der Waals surface area contributed by atoms with Gasteiger partial charge in [-0.3, -0.25) is 14.0 Å². The van der Waals surface area contributed by atoms with Crippen LogP contribution in [0.15, 0.2) is 35.4 Å². The molecule has 1 atom stereocenters. The second kappa shape index (κ2) is 5.12. The van der Waals surface area contributed by atoms with Crippen LogP contribution in [0.2, 0.25) is 0 Å². The standard InChI is InChI=1S/C12H11N7O2/c1-7(10-15-17-18-16-10)14-11(20)8-6-13-9-4-2-3-5-19(9)12(8)21/h2-7H,1H3,(H,14,20)(H,15,16,17,18). The van der Waals surface area contributed by atoms with Crippen molar-refractivity contribution in [2.75, 3.05) is 0 Å². The molecule has 0 aliphatic rings. The van der Waals surface area contributed by atoms with E-state index in [-0.39, 0.29) is 5.56 Å². The summed E-state index contributed by atoms with van der Waals surface area (Å²) in [5, 5.41) is 15.9. The van der Waals surface area contributed by atoms with Crippen LogP contribution >= 0.6 is 0 Å². The zero-order valence-electron chi connectivity index (χ0n) is 11.0. The first kappa shape index (κ1) is 12.9. The fourth-order valence-electron chi connectivity index (χ4n) is 1.87. The lowest BCUT2D eigenvalue weighted by Gasteiger charge is -2.09. The molecule has 21 heavy (non-hydrogen) atoms. The average Bonchev–Trinajstić information content (AvgIpc) is 3.02. The third kappa shape index (κ3) is 2.36. The van der Waals surface area contributed by atoms with Crippen LogP contribution in [0.5, 0.6) is 0 Å². The Morgan fingerprint density at radius 1 is 1.43 bits per heavy atom. The van der Waals surface area contributed by atoms with Crippen molar-refractivity contribution in [1.29, 1.82) is 0 Å². The highest BCUT2D eigenvalue weighted by atomic mass is 16.2. The molecule has 1 amide bonds. The Kier molecular flexibility index (Phi) is 3.14. The van der Waals surface area contributed by atoms with Crippen molar-refractivity contribution in [3.8, 4) is 0 Å². The number of hydrogen-bond acceptors (Lipinski definition) is 6. The number of tetrazole rings is 1. The monoisotopic (exact) mass is 285 g/mol. The number of rotatable bonds is 3. The molecule has 0 aliphatic heterocycles. The third-order valence-corrected chi connectivity index (χ3v) is 2.95. The average molecular weight is 285 g/mol. The molecule has 3 heterocycles. The molecule has 106 valence electrons. The Morgan fingerprint density at radius 2 is 2.29 bits per heavy atom. The summed E-state index contributed by atoms with van der Waals surface area (Å²) in [6.45, 7) is 1.69. The topological polar surface area (TPSA) is 118 Å². The molecule has 0 bridgehead atoms. The van der Waals surface area contributed by atoms with E-state index in [1.807, 2.05) is 0 Å². The first-order chi connectivity index (χ1) is 10.2. The summed E-state index contributed by atoms with van der Waals surface area (Å²) in [5.41, 5.74) is -0.00211. The highest BCUT2D eigenvalue weighted by Crippen LogP contribution is 2.05. The van der Waals surface area contributed by atoms with E-state index >= 15 is 0 Å². The smallest absolute Gasteiger partial charge is 0.270 e. The Morgan fingerprint density at radius 3 is 3.05 bits per heavy atom. The fourth-order valence-corrected chi connectivity index (χ4v) is 1.87. The summed E-state index contributed by atoms with van der Waals surface area (Å²) in [7, 11) is 0. The Labute approximate surface area is 118 Å². The number of nitrogens with zero attached hydrogens (tertiary/aromatic N) is 5.